The zero-order valence-electron chi connectivity index (χ0n) is 17.7. The van der Waals surface area contributed by atoms with Gasteiger partial charge in [0.1, 0.15) is 11.6 Å². The maximum atomic E-state index is 5.11. The van der Waals surface area contributed by atoms with Gasteiger partial charge in [-0.15, -0.1) is 0 Å². The van der Waals surface area contributed by atoms with Gasteiger partial charge in [0.15, 0.2) is 5.82 Å². The number of piperazine rings is 1. The molecule has 0 atom stereocenters. The van der Waals surface area contributed by atoms with Crippen LogP contribution in [0, 0.1) is 0 Å². The summed E-state index contributed by atoms with van der Waals surface area (Å²) in [6, 6.07) is 7.79. The summed E-state index contributed by atoms with van der Waals surface area (Å²) in [6.07, 6.45) is 11.6. The minimum absolute atomic E-state index is 0.582. The summed E-state index contributed by atoms with van der Waals surface area (Å²) in [4.78, 5) is 25.5. The van der Waals surface area contributed by atoms with Gasteiger partial charge in [-0.2, -0.15) is 0 Å². The van der Waals surface area contributed by atoms with Crippen molar-refractivity contribution in [3.05, 3.63) is 60.8 Å². The normalized spacial score (nSPS) is 16.3. The Balaban J connectivity index is 1.45. The largest absolute Gasteiger partial charge is 0.353 e. The molecule has 0 spiro atoms. The van der Waals surface area contributed by atoms with Crippen molar-refractivity contribution in [2.45, 2.75) is 18.8 Å². The number of anilines is 3. The average Bonchev–Trinajstić information content (AvgIpc) is 3.70. The summed E-state index contributed by atoms with van der Waals surface area (Å²) in [5.41, 5.74) is 4.00. The van der Waals surface area contributed by atoms with Crippen molar-refractivity contribution in [2.75, 3.05) is 36.4 Å². The maximum absolute atomic E-state index is 5.11. The molecule has 2 fully saturated rings. The molecule has 0 unspecified atom stereocenters. The molecule has 0 amide bonds. The van der Waals surface area contributed by atoms with Crippen molar-refractivity contribution in [2.24, 2.45) is 0 Å². The lowest BCUT2D eigenvalue weighted by Gasteiger charge is -2.30. The maximum Gasteiger partial charge on any atom is 0.162 e. The van der Waals surface area contributed by atoms with E-state index >= 15 is 0 Å². The van der Waals surface area contributed by atoms with Gasteiger partial charge in [0.2, 0.25) is 0 Å². The van der Waals surface area contributed by atoms with Crippen LogP contribution in [0.3, 0.4) is 0 Å². The van der Waals surface area contributed by atoms with E-state index in [0.29, 0.717) is 11.7 Å². The van der Waals surface area contributed by atoms with E-state index < -0.39 is 0 Å². The van der Waals surface area contributed by atoms with Crippen molar-refractivity contribution in [1.82, 2.24) is 30.2 Å². The van der Waals surface area contributed by atoms with Gasteiger partial charge in [0.25, 0.3) is 0 Å². The fraction of sp³-hybridized carbons (Fsp3) is 0.292. The fourth-order valence-electron chi connectivity index (χ4n) is 4.25. The van der Waals surface area contributed by atoms with Gasteiger partial charge in [0, 0.05) is 55.7 Å². The van der Waals surface area contributed by atoms with Crippen molar-refractivity contribution < 1.29 is 0 Å². The quantitative estimate of drug-likeness (QED) is 0.503. The Hall–Kier alpha value is -3.65. The van der Waals surface area contributed by atoms with Crippen LogP contribution >= 0.6 is 0 Å². The van der Waals surface area contributed by atoms with E-state index in [1.807, 2.05) is 36.7 Å². The molecule has 1 aliphatic carbocycles. The fourth-order valence-corrected chi connectivity index (χ4v) is 4.25. The van der Waals surface area contributed by atoms with Gasteiger partial charge in [-0.25, -0.2) is 15.0 Å². The minimum Gasteiger partial charge on any atom is -0.353 e. The molecule has 0 radical (unpaired) electrons. The van der Waals surface area contributed by atoms with Gasteiger partial charge >= 0.3 is 0 Å². The summed E-state index contributed by atoms with van der Waals surface area (Å²) in [5.74, 6) is 3.03. The highest BCUT2D eigenvalue weighted by atomic mass is 15.2. The molecule has 6 rings (SSSR count). The molecule has 4 aromatic rings. The molecule has 32 heavy (non-hydrogen) atoms. The van der Waals surface area contributed by atoms with Crippen molar-refractivity contribution in [1.29, 1.82) is 0 Å². The smallest absolute Gasteiger partial charge is 0.162 e. The second-order valence-corrected chi connectivity index (χ2v) is 8.30. The molecular formula is C24H24N8. The number of aromatic nitrogens is 5. The third kappa shape index (κ3) is 3.73. The van der Waals surface area contributed by atoms with E-state index in [-0.39, 0.29) is 0 Å². The molecular weight excluding hydrogens is 400 g/mol. The second-order valence-electron chi connectivity index (χ2n) is 8.30. The van der Waals surface area contributed by atoms with E-state index in [0.717, 1.165) is 60.0 Å². The molecule has 0 aromatic carbocycles. The molecule has 8 heteroatoms. The summed E-state index contributed by atoms with van der Waals surface area (Å²) in [6.45, 7) is 3.78. The van der Waals surface area contributed by atoms with Crippen LogP contribution in [-0.2, 0) is 0 Å². The van der Waals surface area contributed by atoms with E-state index in [1.165, 1.54) is 18.4 Å². The first kappa shape index (κ1) is 19.1. The predicted octanol–water partition coefficient (Wildman–Crippen LogP) is 3.51. The molecule has 4 aromatic heterocycles. The molecule has 2 aliphatic rings. The molecule has 5 heterocycles. The summed E-state index contributed by atoms with van der Waals surface area (Å²) >= 11 is 0. The first-order chi connectivity index (χ1) is 15.8. The molecule has 1 saturated carbocycles. The summed E-state index contributed by atoms with van der Waals surface area (Å²) in [5, 5.41) is 7.90. The number of nitrogens with one attached hydrogen (secondary N) is 2. The minimum atomic E-state index is 0.582. The topological polar surface area (TPSA) is 91.8 Å². The first-order valence-corrected chi connectivity index (χ1v) is 11.1. The van der Waals surface area contributed by atoms with Gasteiger partial charge in [-0.05, 0) is 48.6 Å². The molecule has 160 valence electrons. The lowest BCUT2D eigenvalue weighted by Crippen LogP contribution is -2.44. The molecule has 1 saturated heterocycles. The number of fused-ring (bicyclic) bond motifs is 1. The number of rotatable bonds is 5. The number of hydrogen-bond acceptors (Lipinski definition) is 8. The van der Waals surface area contributed by atoms with Crippen LogP contribution in [0.25, 0.3) is 22.3 Å². The number of nitrogens with zero attached hydrogens (tertiary/aromatic N) is 6. The van der Waals surface area contributed by atoms with E-state index in [4.69, 9.17) is 9.97 Å². The van der Waals surface area contributed by atoms with Gasteiger partial charge in [0.05, 0.1) is 23.6 Å². The van der Waals surface area contributed by atoms with Crippen LogP contribution in [0.15, 0.2) is 55.2 Å². The van der Waals surface area contributed by atoms with Crippen LogP contribution in [0.4, 0.5) is 17.3 Å². The zero-order valence-corrected chi connectivity index (χ0v) is 17.7. The van der Waals surface area contributed by atoms with Crippen molar-refractivity contribution >= 4 is 28.2 Å². The predicted molar refractivity (Wildman–Crippen MR) is 125 cm³/mol. The Morgan fingerprint density at radius 3 is 2.69 bits per heavy atom. The Morgan fingerprint density at radius 2 is 1.88 bits per heavy atom. The van der Waals surface area contributed by atoms with Gasteiger partial charge < -0.3 is 15.5 Å². The van der Waals surface area contributed by atoms with Crippen LogP contribution in [0.1, 0.15) is 24.3 Å². The standard InChI is InChI=1S/C24H24N8/c1-2-18(13-26-6-1)29-21-12-17(5-7-28-21)23-30-20-15-27-14-19(16-3-4-16)22(20)24(31-23)32-10-8-25-9-11-32/h1-2,5-7,12-16,25H,3-4,8-11H2,(H,28,29). The van der Waals surface area contributed by atoms with E-state index in [9.17, 15) is 0 Å². The Bertz CT molecular complexity index is 1250. The second kappa shape index (κ2) is 8.12. The Labute approximate surface area is 186 Å². The van der Waals surface area contributed by atoms with Crippen LogP contribution in [0.2, 0.25) is 0 Å². The monoisotopic (exact) mass is 424 g/mol. The summed E-state index contributed by atoms with van der Waals surface area (Å²) < 4.78 is 0. The molecule has 1 aliphatic heterocycles. The third-order valence-corrected chi connectivity index (χ3v) is 6.00. The van der Waals surface area contributed by atoms with Crippen LogP contribution in [-0.4, -0.2) is 51.1 Å². The third-order valence-electron chi connectivity index (χ3n) is 6.00. The molecule has 0 bridgehead atoms. The molecule has 2 N–H and O–H groups in total. The zero-order chi connectivity index (χ0) is 21.3. The van der Waals surface area contributed by atoms with Crippen molar-refractivity contribution in [3.63, 3.8) is 0 Å². The van der Waals surface area contributed by atoms with Gasteiger partial charge in [-0.3, -0.25) is 9.97 Å². The summed E-state index contributed by atoms with van der Waals surface area (Å²) in [7, 11) is 0. The highest BCUT2D eigenvalue weighted by Gasteiger charge is 2.29. The SMILES string of the molecule is c1cncc(Nc2cc(-c3nc(N4CCNCC4)c4c(C5CC5)cncc4n3)ccn2)c1. The number of hydrogen-bond donors (Lipinski definition) is 2. The van der Waals surface area contributed by atoms with Crippen LogP contribution in [0.5, 0.6) is 0 Å². The van der Waals surface area contributed by atoms with Crippen molar-refractivity contribution in [3.8, 4) is 11.4 Å². The first-order valence-electron chi connectivity index (χ1n) is 11.1. The molecule has 8 nitrogen and oxygen atoms in total. The van der Waals surface area contributed by atoms with E-state index in [1.54, 1.807) is 18.6 Å². The Kier molecular flexibility index (Phi) is 4.84. The Morgan fingerprint density at radius 1 is 0.969 bits per heavy atom. The van der Waals surface area contributed by atoms with E-state index in [2.05, 4.69) is 30.5 Å². The lowest BCUT2D eigenvalue weighted by molar-refractivity contribution is 0.586. The highest BCUT2D eigenvalue weighted by molar-refractivity contribution is 5.94. The van der Waals surface area contributed by atoms with Crippen LogP contribution < -0.4 is 15.5 Å². The highest BCUT2D eigenvalue weighted by Crippen LogP contribution is 2.44. The average molecular weight is 425 g/mol. The van der Waals surface area contributed by atoms with Gasteiger partial charge in [-0.1, -0.05) is 0 Å². The number of pyridine rings is 3. The lowest BCUT2D eigenvalue weighted by atomic mass is 10.1.